The van der Waals surface area contributed by atoms with Crippen LogP contribution in [0.3, 0.4) is 0 Å². The number of rotatable bonds is 2. The lowest BCUT2D eigenvalue weighted by atomic mass is 9.85. The fraction of sp³-hybridized carbons (Fsp3) is 0.500. The zero-order valence-electron chi connectivity index (χ0n) is 10.5. The summed E-state index contributed by atoms with van der Waals surface area (Å²) in [6.45, 7) is 3.84. The summed E-state index contributed by atoms with van der Waals surface area (Å²) in [6, 6.07) is 7.12. The van der Waals surface area contributed by atoms with Crippen LogP contribution in [0, 0.1) is 22.6 Å². The van der Waals surface area contributed by atoms with E-state index in [1.54, 1.807) is 6.07 Å². The molecule has 1 saturated heterocycles. The van der Waals surface area contributed by atoms with Crippen molar-refractivity contribution in [3.8, 4) is 6.07 Å². The standard InChI is InChI=1S/C14H16ClFN2/c1-14(2,8-17)13-4-3-12(18-13)9-5-10(15)7-11(16)6-9/h5-7,12-13,18H,3-4H2,1-2H3. The lowest BCUT2D eigenvalue weighted by molar-refractivity contribution is 0.341. The average molecular weight is 267 g/mol. The van der Waals surface area contributed by atoms with E-state index < -0.39 is 5.41 Å². The maximum atomic E-state index is 13.3. The first-order valence-corrected chi connectivity index (χ1v) is 6.43. The maximum Gasteiger partial charge on any atom is 0.125 e. The van der Waals surface area contributed by atoms with Gasteiger partial charge in [-0.1, -0.05) is 11.6 Å². The van der Waals surface area contributed by atoms with Gasteiger partial charge in [0, 0.05) is 17.1 Å². The third-order valence-corrected chi connectivity index (χ3v) is 3.81. The van der Waals surface area contributed by atoms with E-state index in [0.29, 0.717) is 5.02 Å². The van der Waals surface area contributed by atoms with Crippen molar-refractivity contribution < 1.29 is 4.39 Å². The van der Waals surface area contributed by atoms with Crippen LogP contribution in [0.25, 0.3) is 0 Å². The smallest absolute Gasteiger partial charge is 0.125 e. The topological polar surface area (TPSA) is 35.8 Å². The zero-order valence-corrected chi connectivity index (χ0v) is 11.3. The van der Waals surface area contributed by atoms with E-state index in [9.17, 15) is 4.39 Å². The summed E-state index contributed by atoms with van der Waals surface area (Å²) in [7, 11) is 0. The monoisotopic (exact) mass is 266 g/mol. The lowest BCUT2D eigenvalue weighted by Crippen LogP contribution is -2.37. The first-order chi connectivity index (χ1) is 8.42. The Morgan fingerprint density at radius 1 is 1.39 bits per heavy atom. The van der Waals surface area contributed by atoms with Crippen molar-refractivity contribution >= 4 is 11.6 Å². The quantitative estimate of drug-likeness (QED) is 0.883. The van der Waals surface area contributed by atoms with E-state index in [-0.39, 0.29) is 17.9 Å². The number of hydrogen-bond donors (Lipinski definition) is 1. The number of hydrogen-bond acceptors (Lipinski definition) is 2. The van der Waals surface area contributed by atoms with Gasteiger partial charge in [-0.15, -0.1) is 0 Å². The number of nitriles is 1. The summed E-state index contributed by atoms with van der Waals surface area (Å²) < 4.78 is 13.3. The molecule has 1 aliphatic heterocycles. The van der Waals surface area contributed by atoms with Gasteiger partial charge in [-0.2, -0.15) is 5.26 Å². The van der Waals surface area contributed by atoms with Gasteiger partial charge in [-0.25, -0.2) is 4.39 Å². The van der Waals surface area contributed by atoms with E-state index in [0.717, 1.165) is 18.4 Å². The van der Waals surface area contributed by atoms with E-state index in [1.165, 1.54) is 12.1 Å². The molecule has 0 bridgehead atoms. The molecule has 0 amide bonds. The molecule has 2 unspecified atom stereocenters. The molecular weight excluding hydrogens is 251 g/mol. The second-order valence-electron chi connectivity index (χ2n) is 5.39. The highest BCUT2D eigenvalue weighted by Crippen LogP contribution is 2.35. The van der Waals surface area contributed by atoms with Crippen LogP contribution in [-0.2, 0) is 0 Å². The molecule has 1 fully saturated rings. The Morgan fingerprint density at radius 2 is 2.11 bits per heavy atom. The Kier molecular flexibility index (Phi) is 3.61. The molecule has 0 radical (unpaired) electrons. The molecule has 4 heteroatoms. The predicted octanol–water partition coefficient (Wildman–Crippen LogP) is 3.82. The molecule has 1 aromatic rings. The third kappa shape index (κ3) is 2.66. The van der Waals surface area contributed by atoms with Crippen LogP contribution in [0.5, 0.6) is 0 Å². The normalized spacial score (nSPS) is 23.9. The van der Waals surface area contributed by atoms with Crippen molar-refractivity contribution in [2.24, 2.45) is 5.41 Å². The summed E-state index contributed by atoms with van der Waals surface area (Å²) in [5.41, 5.74) is 0.447. The first-order valence-electron chi connectivity index (χ1n) is 6.05. The first kappa shape index (κ1) is 13.3. The van der Waals surface area contributed by atoms with E-state index in [2.05, 4.69) is 11.4 Å². The van der Waals surface area contributed by atoms with Gasteiger partial charge in [-0.05, 0) is 50.5 Å². The van der Waals surface area contributed by atoms with Gasteiger partial charge >= 0.3 is 0 Å². The van der Waals surface area contributed by atoms with E-state index in [4.69, 9.17) is 16.9 Å². The van der Waals surface area contributed by atoms with Gasteiger partial charge < -0.3 is 5.32 Å². The third-order valence-electron chi connectivity index (χ3n) is 3.59. The highest BCUT2D eigenvalue weighted by Gasteiger charge is 2.36. The second-order valence-corrected chi connectivity index (χ2v) is 5.82. The molecule has 0 saturated carbocycles. The predicted molar refractivity (Wildman–Crippen MR) is 69.7 cm³/mol. The minimum atomic E-state index is -0.411. The molecule has 1 aliphatic rings. The summed E-state index contributed by atoms with van der Waals surface area (Å²) in [6.07, 6.45) is 1.81. The Morgan fingerprint density at radius 3 is 2.72 bits per heavy atom. The van der Waals surface area contributed by atoms with Gasteiger partial charge in [0.15, 0.2) is 0 Å². The fourth-order valence-electron chi connectivity index (χ4n) is 2.43. The largest absolute Gasteiger partial charge is 0.306 e. The van der Waals surface area contributed by atoms with Crippen LogP contribution < -0.4 is 5.32 Å². The van der Waals surface area contributed by atoms with Crippen molar-refractivity contribution in [2.75, 3.05) is 0 Å². The number of nitrogens with one attached hydrogen (secondary N) is 1. The number of nitrogens with zero attached hydrogens (tertiary/aromatic N) is 1. The molecule has 96 valence electrons. The molecule has 2 nitrogen and oxygen atoms in total. The Hall–Kier alpha value is -1.11. The van der Waals surface area contributed by atoms with Crippen LogP contribution in [0.2, 0.25) is 5.02 Å². The Bertz CT molecular complexity index is 473. The van der Waals surface area contributed by atoms with E-state index >= 15 is 0 Å². The van der Waals surface area contributed by atoms with E-state index in [1.807, 2.05) is 13.8 Å². The fourth-order valence-corrected chi connectivity index (χ4v) is 2.66. The second kappa shape index (κ2) is 4.87. The Labute approximate surface area is 112 Å². The van der Waals surface area contributed by atoms with Gasteiger partial charge in [0.1, 0.15) is 5.82 Å². The zero-order chi connectivity index (χ0) is 13.3. The van der Waals surface area contributed by atoms with Crippen LogP contribution in [-0.4, -0.2) is 6.04 Å². The number of benzene rings is 1. The molecule has 1 aromatic carbocycles. The van der Waals surface area contributed by atoms with Crippen molar-refractivity contribution in [2.45, 2.75) is 38.8 Å². The summed E-state index contributed by atoms with van der Waals surface area (Å²) in [5, 5.41) is 12.9. The van der Waals surface area contributed by atoms with Crippen molar-refractivity contribution in [1.29, 1.82) is 5.26 Å². The molecule has 18 heavy (non-hydrogen) atoms. The highest BCUT2D eigenvalue weighted by atomic mass is 35.5. The average Bonchev–Trinajstić information content (AvgIpc) is 2.77. The van der Waals surface area contributed by atoms with Crippen LogP contribution in [0.1, 0.15) is 38.3 Å². The van der Waals surface area contributed by atoms with Crippen LogP contribution in [0.4, 0.5) is 4.39 Å². The maximum absolute atomic E-state index is 13.3. The SMILES string of the molecule is CC(C)(C#N)C1CCC(c2cc(F)cc(Cl)c2)N1. The lowest BCUT2D eigenvalue weighted by Gasteiger charge is -2.25. The Balaban J connectivity index is 2.16. The van der Waals surface area contributed by atoms with Gasteiger partial charge in [0.25, 0.3) is 0 Å². The molecule has 1 heterocycles. The molecule has 0 aromatic heterocycles. The molecule has 2 atom stereocenters. The molecule has 1 N–H and O–H groups in total. The minimum Gasteiger partial charge on any atom is -0.306 e. The molecule has 0 aliphatic carbocycles. The summed E-state index contributed by atoms with van der Waals surface area (Å²) in [5.74, 6) is -0.317. The number of halogens is 2. The molecular formula is C14H16ClFN2. The van der Waals surface area contributed by atoms with Crippen LogP contribution in [0.15, 0.2) is 18.2 Å². The van der Waals surface area contributed by atoms with Crippen molar-refractivity contribution in [3.05, 3.63) is 34.6 Å². The summed E-state index contributed by atoms with van der Waals surface area (Å²) >= 11 is 5.86. The minimum absolute atomic E-state index is 0.0795. The van der Waals surface area contributed by atoms with Gasteiger partial charge in [0.2, 0.25) is 0 Å². The van der Waals surface area contributed by atoms with Crippen LogP contribution >= 0.6 is 11.6 Å². The summed E-state index contributed by atoms with van der Waals surface area (Å²) in [4.78, 5) is 0. The van der Waals surface area contributed by atoms with Gasteiger partial charge in [-0.3, -0.25) is 0 Å². The molecule has 2 rings (SSSR count). The van der Waals surface area contributed by atoms with Gasteiger partial charge in [0.05, 0.1) is 11.5 Å². The molecule has 0 spiro atoms. The van der Waals surface area contributed by atoms with Crippen molar-refractivity contribution in [1.82, 2.24) is 5.32 Å². The van der Waals surface area contributed by atoms with Crippen molar-refractivity contribution in [3.63, 3.8) is 0 Å². The highest BCUT2D eigenvalue weighted by molar-refractivity contribution is 6.30.